The molecule has 0 radical (unpaired) electrons. The fourth-order valence-electron chi connectivity index (χ4n) is 2.34. The Balaban J connectivity index is 0.000000722. The van der Waals surface area contributed by atoms with Gasteiger partial charge in [-0.2, -0.15) is 0 Å². The fraction of sp³-hybridized carbons (Fsp3) is 0.417. The standard InChI is InChI=1S/C12H15N3.2ClH/c1-4-13-5-2-9(1)11-7-10-3-6-14-12(10)15-8-11;;/h3,6-9,13H,1-2,4-5H2,(H,14,15);2*1H. The highest BCUT2D eigenvalue weighted by Gasteiger charge is 2.15. The maximum absolute atomic E-state index is 4.44. The molecule has 0 saturated carbocycles. The Labute approximate surface area is 113 Å². The third-order valence-corrected chi connectivity index (χ3v) is 3.23. The molecule has 94 valence electrons. The molecule has 0 aromatic carbocycles. The molecule has 17 heavy (non-hydrogen) atoms. The van der Waals surface area contributed by atoms with Crippen molar-refractivity contribution >= 4 is 35.8 Å². The van der Waals surface area contributed by atoms with Crippen molar-refractivity contribution in [1.82, 2.24) is 15.3 Å². The maximum Gasteiger partial charge on any atom is 0.137 e. The fourth-order valence-corrected chi connectivity index (χ4v) is 2.34. The van der Waals surface area contributed by atoms with E-state index in [0.717, 1.165) is 18.7 Å². The number of halogens is 2. The quantitative estimate of drug-likeness (QED) is 0.839. The normalized spacial score (nSPS) is 16.2. The lowest BCUT2D eigenvalue weighted by atomic mass is 9.91. The summed E-state index contributed by atoms with van der Waals surface area (Å²) in [7, 11) is 0. The van der Waals surface area contributed by atoms with E-state index in [2.05, 4.69) is 27.4 Å². The minimum absolute atomic E-state index is 0. The van der Waals surface area contributed by atoms with Crippen LogP contribution in [0.25, 0.3) is 11.0 Å². The van der Waals surface area contributed by atoms with Crippen LogP contribution in [0.2, 0.25) is 0 Å². The summed E-state index contributed by atoms with van der Waals surface area (Å²) < 4.78 is 0. The van der Waals surface area contributed by atoms with Crippen LogP contribution < -0.4 is 5.32 Å². The first-order valence-corrected chi connectivity index (χ1v) is 5.57. The first-order valence-electron chi connectivity index (χ1n) is 5.57. The van der Waals surface area contributed by atoms with Gasteiger partial charge in [0.1, 0.15) is 5.65 Å². The smallest absolute Gasteiger partial charge is 0.137 e. The van der Waals surface area contributed by atoms with Crippen molar-refractivity contribution in [2.45, 2.75) is 18.8 Å². The van der Waals surface area contributed by atoms with Crippen molar-refractivity contribution in [3.05, 3.63) is 30.1 Å². The van der Waals surface area contributed by atoms with Crippen LogP contribution in [0.15, 0.2) is 24.5 Å². The highest BCUT2D eigenvalue weighted by Crippen LogP contribution is 2.26. The van der Waals surface area contributed by atoms with E-state index in [-0.39, 0.29) is 24.8 Å². The summed E-state index contributed by atoms with van der Waals surface area (Å²) in [6.07, 6.45) is 6.44. The van der Waals surface area contributed by atoms with Crippen LogP contribution in [-0.4, -0.2) is 23.1 Å². The van der Waals surface area contributed by atoms with Crippen LogP contribution in [0.3, 0.4) is 0 Å². The molecule has 1 fully saturated rings. The van der Waals surface area contributed by atoms with Gasteiger partial charge in [-0.15, -0.1) is 24.8 Å². The zero-order valence-corrected chi connectivity index (χ0v) is 11.1. The number of nitrogens with one attached hydrogen (secondary N) is 2. The number of piperidine rings is 1. The summed E-state index contributed by atoms with van der Waals surface area (Å²) in [5.41, 5.74) is 2.39. The van der Waals surface area contributed by atoms with E-state index >= 15 is 0 Å². The Morgan fingerprint density at radius 1 is 1.18 bits per heavy atom. The lowest BCUT2D eigenvalue weighted by Gasteiger charge is -2.22. The van der Waals surface area contributed by atoms with Gasteiger partial charge in [0.05, 0.1) is 0 Å². The molecule has 0 aliphatic carbocycles. The van der Waals surface area contributed by atoms with Crippen molar-refractivity contribution in [3.8, 4) is 0 Å². The van der Waals surface area contributed by atoms with Crippen LogP contribution in [0, 0.1) is 0 Å². The number of aromatic nitrogens is 2. The molecule has 2 aromatic heterocycles. The molecule has 0 bridgehead atoms. The van der Waals surface area contributed by atoms with Crippen LogP contribution in [0.1, 0.15) is 24.3 Å². The number of hydrogen-bond acceptors (Lipinski definition) is 2. The average molecular weight is 274 g/mol. The van der Waals surface area contributed by atoms with Crippen molar-refractivity contribution in [1.29, 1.82) is 0 Å². The van der Waals surface area contributed by atoms with Gasteiger partial charge in [0.2, 0.25) is 0 Å². The Bertz CT molecular complexity index is 463. The highest BCUT2D eigenvalue weighted by atomic mass is 35.5. The molecule has 1 aliphatic rings. The van der Waals surface area contributed by atoms with Gasteiger partial charge >= 0.3 is 0 Å². The Morgan fingerprint density at radius 3 is 2.71 bits per heavy atom. The zero-order valence-electron chi connectivity index (χ0n) is 9.48. The van der Waals surface area contributed by atoms with Crippen molar-refractivity contribution in [2.24, 2.45) is 0 Å². The first kappa shape index (κ1) is 14.3. The third-order valence-electron chi connectivity index (χ3n) is 3.23. The van der Waals surface area contributed by atoms with Gasteiger partial charge in [0, 0.05) is 17.8 Å². The first-order chi connectivity index (χ1) is 7.43. The van der Waals surface area contributed by atoms with Gasteiger partial charge < -0.3 is 10.3 Å². The molecule has 0 atom stereocenters. The van der Waals surface area contributed by atoms with Crippen LogP contribution in [0.4, 0.5) is 0 Å². The molecule has 5 heteroatoms. The molecule has 3 nitrogen and oxygen atoms in total. The van der Waals surface area contributed by atoms with E-state index in [4.69, 9.17) is 0 Å². The SMILES string of the molecule is Cl.Cl.c1cc2cc(C3CCNCC3)cnc2[nH]1. The number of H-pyrrole nitrogens is 1. The summed E-state index contributed by atoms with van der Waals surface area (Å²) in [5, 5.41) is 4.62. The van der Waals surface area contributed by atoms with E-state index in [9.17, 15) is 0 Å². The minimum Gasteiger partial charge on any atom is -0.346 e. The van der Waals surface area contributed by atoms with Crippen molar-refractivity contribution in [2.75, 3.05) is 13.1 Å². The second-order valence-corrected chi connectivity index (χ2v) is 4.21. The Hall–Kier alpha value is -0.770. The zero-order chi connectivity index (χ0) is 10.1. The van der Waals surface area contributed by atoms with Gasteiger partial charge in [0.25, 0.3) is 0 Å². The van der Waals surface area contributed by atoms with E-state index < -0.39 is 0 Å². The summed E-state index contributed by atoms with van der Waals surface area (Å²) in [4.78, 5) is 7.57. The van der Waals surface area contributed by atoms with Gasteiger partial charge in [-0.05, 0) is 49.5 Å². The van der Waals surface area contributed by atoms with E-state index in [1.54, 1.807) is 0 Å². The van der Waals surface area contributed by atoms with Crippen LogP contribution in [-0.2, 0) is 0 Å². The number of hydrogen-bond donors (Lipinski definition) is 2. The number of aromatic amines is 1. The van der Waals surface area contributed by atoms with E-state index in [1.807, 2.05) is 12.4 Å². The largest absolute Gasteiger partial charge is 0.346 e. The van der Waals surface area contributed by atoms with Gasteiger partial charge in [-0.1, -0.05) is 0 Å². The topological polar surface area (TPSA) is 40.7 Å². The van der Waals surface area contributed by atoms with Crippen LogP contribution in [0.5, 0.6) is 0 Å². The predicted octanol–water partition coefficient (Wildman–Crippen LogP) is 2.87. The van der Waals surface area contributed by atoms with Crippen molar-refractivity contribution < 1.29 is 0 Å². The van der Waals surface area contributed by atoms with Crippen molar-refractivity contribution in [3.63, 3.8) is 0 Å². The molecule has 2 N–H and O–H groups in total. The summed E-state index contributed by atoms with van der Waals surface area (Å²) >= 11 is 0. The highest BCUT2D eigenvalue weighted by molar-refractivity contribution is 5.85. The molecule has 0 unspecified atom stereocenters. The lowest BCUT2D eigenvalue weighted by Crippen LogP contribution is -2.26. The maximum atomic E-state index is 4.44. The minimum atomic E-state index is 0. The molecular weight excluding hydrogens is 257 g/mol. The molecule has 1 aliphatic heterocycles. The van der Waals surface area contributed by atoms with Crippen LogP contribution >= 0.6 is 24.8 Å². The number of rotatable bonds is 1. The van der Waals surface area contributed by atoms with Gasteiger partial charge in [0.15, 0.2) is 0 Å². The third kappa shape index (κ3) is 2.92. The number of fused-ring (bicyclic) bond motifs is 1. The molecule has 0 spiro atoms. The molecule has 1 saturated heterocycles. The summed E-state index contributed by atoms with van der Waals surface area (Å²) in [6.45, 7) is 2.27. The second kappa shape index (κ2) is 6.24. The Kier molecular flexibility index (Phi) is 5.25. The molecule has 2 aromatic rings. The average Bonchev–Trinajstić information content (AvgIpc) is 2.77. The predicted molar refractivity (Wildman–Crippen MR) is 75.4 cm³/mol. The molecule has 3 heterocycles. The number of nitrogens with zero attached hydrogens (tertiary/aromatic N) is 1. The number of pyridine rings is 1. The summed E-state index contributed by atoms with van der Waals surface area (Å²) in [5.74, 6) is 0.693. The summed E-state index contributed by atoms with van der Waals surface area (Å²) in [6, 6.07) is 4.36. The molecule has 0 amide bonds. The van der Waals surface area contributed by atoms with E-state index in [1.165, 1.54) is 23.8 Å². The molecule has 3 rings (SSSR count). The lowest BCUT2D eigenvalue weighted by molar-refractivity contribution is 0.460. The Morgan fingerprint density at radius 2 is 1.94 bits per heavy atom. The molecular formula is C12H17Cl2N3. The monoisotopic (exact) mass is 273 g/mol. The van der Waals surface area contributed by atoms with E-state index in [0.29, 0.717) is 5.92 Å². The second-order valence-electron chi connectivity index (χ2n) is 4.21. The van der Waals surface area contributed by atoms with Gasteiger partial charge in [-0.3, -0.25) is 0 Å². The van der Waals surface area contributed by atoms with Gasteiger partial charge in [-0.25, -0.2) is 4.98 Å².